The lowest BCUT2D eigenvalue weighted by Crippen LogP contribution is -2.37. The first-order valence-corrected chi connectivity index (χ1v) is 7.66. The van der Waals surface area contributed by atoms with E-state index in [1.165, 1.54) is 25.5 Å². The molecule has 0 aromatic heterocycles. The highest BCUT2D eigenvalue weighted by atomic mass is 32.1. The maximum atomic E-state index is 10.9. The molecule has 9 nitrogen and oxygen atoms in total. The van der Waals surface area contributed by atoms with Crippen molar-refractivity contribution in [3.8, 4) is 11.5 Å². The van der Waals surface area contributed by atoms with Gasteiger partial charge < -0.3 is 19.9 Å². The van der Waals surface area contributed by atoms with Gasteiger partial charge in [0.25, 0.3) is 0 Å². The molecule has 0 unspecified atom stereocenters. The van der Waals surface area contributed by atoms with Gasteiger partial charge in [-0.05, 0) is 31.1 Å². The Balaban J connectivity index is 1.94. The van der Waals surface area contributed by atoms with Gasteiger partial charge in [0.2, 0.25) is 5.75 Å². The molecule has 1 saturated heterocycles. The number of nitro groups is 1. The number of nitrogens with zero attached hydrogens (tertiary/aromatic N) is 2. The zero-order chi connectivity index (χ0) is 17.5. The number of aromatic hydroxyl groups is 1. The molecule has 3 N–H and O–H groups in total. The summed E-state index contributed by atoms with van der Waals surface area (Å²) in [6, 6.07) is 2.61. The van der Waals surface area contributed by atoms with Crippen LogP contribution < -0.4 is 15.5 Å². The second-order valence-electron chi connectivity index (χ2n) is 5.06. The third-order valence-electron chi connectivity index (χ3n) is 3.39. The van der Waals surface area contributed by atoms with Gasteiger partial charge in [0.1, 0.15) is 0 Å². The molecule has 1 aromatic carbocycles. The summed E-state index contributed by atoms with van der Waals surface area (Å²) >= 11 is 5.08. The maximum Gasteiger partial charge on any atom is 0.315 e. The van der Waals surface area contributed by atoms with Crippen molar-refractivity contribution in [3.63, 3.8) is 0 Å². The molecule has 1 aliphatic heterocycles. The second-order valence-corrected chi connectivity index (χ2v) is 5.47. The van der Waals surface area contributed by atoms with E-state index < -0.39 is 16.4 Å². The molecule has 24 heavy (non-hydrogen) atoms. The van der Waals surface area contributed by atoms with Crippen LogP contribution in [0, 0.1) is 10.1 Å². The van der Waals surface area contributed by atoms with E-state index in [4.69, 9.17) is 21.7 Å². The fourth-order valence-corrected chi connectivity index (χ4v) is 2.34. The number of rotatable bonds is 6. The van der Waals surface area contributed by atoms with E-state index in [1.807, 2.05) is 0 Å². The largest absolute Gasteiger partial charge is 0.500 e. The minimum absolute atomic E-state index is 0.00951. The highest BCUT2D eigenvalue weighted by Crippen LogP contribution is 2.36. The van der Waals surface area contributed by atoms with Crippen molar-refractivity contribution in [1.82, 2.24) is 10.7 Å². The van der Waals surface area contributed by atoms with E-state index in [0.29, 0.717) is 17.2 Å². The lowest BCUT2D eigenvalue weighted by Gasteiger charge is -2.11. The Hall–Kier alpha value is -2.46. The van der Waals surface area contributed by atoms with Crippen molar-refractivity contribution in [1.29, 1.82) is 0 Å². The van der Waals surface area contributed by atoms with Gasteiger partial charge in [-0.15, -0.1) is 0 Å². The van der Waals surface area contributed by atoms with Gasteiger partial charge in [0, 0.05) is 24.8 Å². The molecule has 0 spiro atoms. The number of ether oxygens (including phenoxy) is 2. The van der Waals surface area contributed by atoms with Crippen LogP contribution in [0.5, 0.6) is 11.5 Å². The number of thiocarbonyl (C=S) groups is 1. The van der Waals surface area contributed by atoms with Gasteiger partial charge in [-0.1, -0.05) is 0 Å². The molecule has 2 rings (SSSR count). The zero-order valence-electron chi connectivity index (χ0n) is 13.0. The van der Waals surface area contributed by atoms with E-state index in [1.54, 1.807) is 0 Å². The van der Waals surface area contributed by atoms with Crippen molar-refractivity contribution < 1.29 is 19.5 Å². The first-order valence-electron chi connectivity index (χ1n) is 7.25. The first-order chi connectivity index (χ1) is 11.5. The third kappa shape index (κ3) is 4.77. The summed E-state index contributed by atoms with van der Waals surface area (Å²) in [6.45, 7) is 1.37. The lowest BCUT2D eigenvalue weighted by molar-refractivity contribution is -0.386. The summed E-state index contributed by atoms with van der Waals surface area (Å²) in [5.41, 5.74) is 2.53. The number of hydrogen-bond acceptors (Lipinski definition) is 7. The summed E-state index contributed by atoms with van der Waals surface area (Å²) in [7, 11) is 1.31. The Morgan fingerprint density at radius 1 is 1.67 bits per heavy atom. The van der Waals surface area contributed by atoms with E-state index >= 15 is 0 Å². The van der Waals surface area contributed by atoms with Crippen LogP contribution in [-0.4, -0.2) is 47.7 Å². The van der Waals surface area contributed by atoms with Crippen LogP contribution in [-0.2, 0) is 4.74 Å². The number of phenolic OH excluding ortho intramolecular Hbond substituents is 1. The SMILES string of the molecule is COc1cc(/C=N/NC(=S)NC[C@H]2CCCO2)cc([N+](=O)[O-])c1O. The molecule has 1 fully saturated rings. The zero-order valence-corrected chi connectivity index (χ0v) is 13.8. The summed E-state index contributed by atoms with van der Waals surface area (Å²) in [6.07, 6.45) is 3.54. The molecular weight excluding hydrogens is 336 g/mol. The minimum atomic E-state index is -0.698. The smallest absolute Gasteiger partial charge is 0.315 e. The molecule has 0 radical (unpaired) electrons. The standard InChI is InChI=1S/C14H18N4O5S/c1-22-12-6-9(5-11(13(12)19)18(20)21)7-16-17-14(24)15-8-10-3-2-4-23-10/h5-7,10,19H,2-4,8H2,1H3,(H2,15,17,24)/b16-7+/t10-/m1/s1. The van der Waals surface area contributed by atoms with E-state index in [2.05, 4.69) is 15.8 Å². The average Bonchev–Trinajstić information content (AvgIpc) is 3.07. The van der Waals surface area contributed by atoms with Crippen LogP contribution in [0.15, 0.2) is 17.2 Å². The Kier molecular flexibility index (Phi) is 6.27. The van der Waals surface area contributed by atoms with Crippen LogP contribution in [0.25, 0.3) is 0 Å². The molecule has 0 aliphatic carbocycles. The fraction of sp³-hybridized carbons (Fsp3) is 0.429. The third-order valence-corrected chi connectivity index (χ3v) is 3.62. The van der Waals surface area contributed by atoms with E-state index in [0.717, 1.165) is 19.4 Å². The number of hydrazone groups is 1. The highest BCUT2D eigenvalue weighted by Gasteiger charge is 2.19. The van der Waals surface area contributed by atoms with Crippen LogP contribution in [0.3, 0.4) is 0 Å². The van der Waals surface area contributed by atoms with Gasteiger partial charge in [-0.2, -0.15) is 5.10 Å². The monoisotopic (exact) mass is 354 g/mol. The van der Waals surface area contributed by atoms with E-state index in [-0.39, 0.29) is 11.9 Å². The molecule has 0 bridgehead atoms. The van der Waals surface area contributed by atoms with Crippen molar-refractivity contribution in [2.24, 2.45) is 5.10 Å². The Bertz CT molecular complexity index is 646. The van der Waals surface area contributed by atoms with Gasteiger partial charge in [0.15, 0.2) is 10.9 Å². The molecule has 1 atom stereocenters. The van der Waals surface area contributed by atoms with Crippen molar-refractivity contribution >= 4 is 29.2 Å². The topological polar surface area (TPSA) is 118 Å². The molecule has 130 valence electrons. The Morgan fingerprint density at radius 3 is 3.08 bits per heavy atom. The second kappa shape index (κ2) is 8.41. The van der Waals surface area contributed by atoms with Crippen LogP contribution in [0.1, 0.15) is 18.4 Å². The maximum absolute atomic E-state index is 10.9. The van der Waals surface area contributed by atoms with Crippen LogP contribution in [0.4, 0.5) is 5.69 Å². The number of nitro benzene ring substituents is 1. The Morgan fingerprint density at radius 2 is 2.46 bits per heavy atom. The molecule has 1 aromatic rings. The number of benzene rings is 1. The van der Waals surface area contributed by atoms with Gasteiger partial charge in [-0.25, -0.2) is 0 Å². The van der Waals surface area contributed by atoms with E-state index in [9.17, 15) is 15.2 Å². The minimum Gasteiger partial charge on any atom is -0.500 e. The number of nitrogens with one attached hydrogen (secondary N) is 2. The molecule has 0 amide bonds. The number of methoxy groups -OCH3 is 1. The summed E-state index contributed by atoms with van der Waals surface area (Å²) in [5, 5.41) is 27.8. The summed E-state index contributed by atoms with van der Waals surface area (Å²) in [5.74, 6) is -0.536. The van der Waals surface area contributed by atoms with Crippen LogP contribution in [0.2, 0.25) is 0 Å². The molecular formula is C14H18N4O5S. The van der Waals surface area contributed by atoms with Crippen LogP contribution >= 0.6 is 12.2 Å². The molecule has 10 heteroatoms. The molecule has 0 saturated carbocycles. The predicted molar refractivity (Wildman–Crippen MR) is 91.6 cm³/mol. The lowest BCUT2D eigenvalue weighted by atomic mass is 10.2. The summed E-state index contributed by atoms with van der Waals surface area (Å²) in [4.78, 5) is 10.2. The summed E-state index contributed by atoms with van der Waals surface area (Å²) < 4.78 is 10.4. The quantitative estimate of drug-likeness (QED) is 0.303. The van der Waals surface area contributed by atoms with Gasteiger partial charge in [0.05, 0.1) is 24.4 Å². The molecule has 1 aliphatic rings. The number of phenols is 1. The van der Waals surface area contributed by atoms with Gasteiger partial charge in [-0.3, -0.25) is 15.5 Å². The van der Waals surface area contributed by atoms with Gasteiger partial charge >= 0.3 is 5.69 Å². The fourth-order valence-electron chi connectivity index (χ4n) is 2.20. The normalized spacial score (nSPS) is 17.0. The Labute approximate surface area is 143 Å². The van der Waals surface area contributed by atoms with Crippen molar-refractivity contribution in [2.75, 3.05) is 20.3 Å². The predicted octanol–water partition coefficient (Wildman–Crippen LogP) is 1.29. The van der Waals surface area contributed by atoms with Crippen molar-refractivity contribution in [2.45, 2.75) is 18.9 Å². The average molecular weight is 354 g/mol. The van der Waals surface area contributed by atoms with Crippen molar-refractivity contribution in [3.05, 3.63) is 27.8 Å². The molecule has 1 heterocycles. The highest BCUT2D eigenvalue weighted by molar-refractivity contribution is 7.80. The number of hydrogen-bond donors (Lipinski definition) is 3. The first kappa shape index (κ1) is 17.9.